The summed E-state index contributed by atoms with van der Waals surface area (Å²) in [7, 11) is -4.41. The number of aliphatic carboxylic acids is 1. The quantitative estimate of drug-likeness (QED) is 0.629. The highest BCUT2D eigenvalue weighted by molar-refractivity contribution is 7.89. The van der Waals surface area contributed by atoms with Gasteiger partial charge in [-0.15, -0.1) is 0 Å². The van der Waals surface area contributed by atoms with E-state index in [4.69, 9.17) is 0 Å². The first-order chi connectivity index (χ1) is 15.5. The maximum atomic E-state index is 13.3. The molecule has 0 unspecified atom stereocenters. The van der Waals surface area contributed by atoms with E-state index in [0.29, 0.717) is 6.07 Å². The molecule has 2 aromatic rings. The molecule has 1 heterocycles. The van der Waals surface area contributed by atoms with Gasteiger partial charge in [-0.25, -0.2) is 13.2 Å². The first-order valence-electron chi connectivity index (χ1n) is 10.2. The number of rotatable bonds is 7. The van der Waals surface area contributed by atoms with Crippen LogP contribution in [0, 0.1) is 5.92 Å². The van der Waals surface area contributed by atoms with Crippen molar-refractivity contribution in [3.05, 3.63) is 65.7 Å². The Bertz CT molecular complexity index is 1100. The number of carbonyl (C=O) groups is 2. The van der Waals surface area contributed by atoms with Crippen LogP contribution in [0.1, 0.15) is 24.0 Å². The van der Waals surface area contributed by atoms with E-state index in [9.17, 15) is 36.3 Å². The van der Waals surface area contributed by atoms with Crippen LogP contribution >= 0.6 is 0 Å². The second-order valence-electron chi connectivity index (χ2n) is 7.76. The number of piperidine rings is 1. The van der Waals surface area contributed by atoms with Crippen molar-refractivity contribution in [3.8, 4) is 0 Å². The van der Waals surface area contributed by atoms with Crippen LogP contribution in [0.3, 0.4) is 0 Å². The second kappa shape index (κ2) is 9.92. The van der Waals surface area contributed by atoms with E-state index in [2.05, 4.69) is 5.32 Å². The minimum absolute atomic E-state index is 0.0664. The Labute approximate surface area is 189 Å². The molecule has 0 aromatic heterocycles. The number of amides is 1. The van der Waals surface area contributed by atoms with E-state index in [1.54, 1.807) is 30.3 Å². The lowest BCUT2D eigenvalue weighted by Gasteiger charge is -2.31. The lowest BCUT2D eigenvalue weighted by atomic mass is 9.96. The Morgan fingerprint density at radius 1 is 1.03 bits per heavy atom. The number of nitrogens with one attached hydrogen (secondary N) is 1. The monoisotopic (exact) mass is 484 g/mol. The third-order valence-electron chi connectivity index (χ3n) is 5.53. The Morgan fingerprint density at radius 3 is 2.18 bits per heavy atom. The number of carbonyl (C=O) groups excluding carboxylic acids is 1. The molecule has 0 bridgehead atoms. The second-order valence-corrected chi connectivity index (χ2v) is 9.67. The van der Waals surface area contributed by atoms with Crippen molar-refractivity contribution in [2.45, 2.75) is 36.4 Å². The molecule has 33 heavy (non-hydrogen) atoms. The molecule has 11 heteroatoms. The topological polar surface area (TPSA) is 104 Å². The van der Waals surface area contributed by atoms with Gasteiger partial charge in [0.05, 0.1) is 10.5 Å². The van der Waals surface area contributed by atoms with Crippen LogP contribution in [-0.4, -0.2) is 48.8 Å². The number of hydrogen-bond donors (Lipinski definition) is 2. The number of hydrogen-bond acceptors (Lipinski definition) is 4. The number of sulfonamides is 1. The van der Waals surface area contributed by atoms with Crippen molar-refractivity contribution in [3.63, 3.8) is 0 Å². The summed E-state index contributed by atoms with van der Waals surface area (Å²) < 4.78 is 66.4. The summed E-state index contributed by atoms with van der Waals surface area (Å²) >= 11 is 0. The molecule has 1 saturated heterocycles. The minimum Gasteiger partial charge on any atom is -0.480 e. The standard InChI is InChI=1S/C22H23F3N2O5S/c23-22(24,25)17-8-4-5-9-19(17)33(31,32)27-12-10-16(11-13-27)20(28)26-18(21(29)30)14-15-6-2-1-3-7-15/h1-9,16,18H,10-14H2,(H,26,28)(H,29,30)/t18-/m1/s1. The van der Waals surface area contributed by atoms with Crippen molar-refractivity contribution >= 4 is 21.9 Å². The van der Waals surface area contributed by atoms with E-state index in [1.165, 1.54) is 6.07 Å². The lowest BCUT2D eigenvalue weighted by molar-refractivity contribution is -0.142. The molecule has 1 fully saturated rings. The molecule has 1 amide bonds. The van der Waals surface area contributed by atoms with Gasteiger partial charge in [0.25, 0.3) is 0 Å². The summed E-state index contributed by atoms with van der Waals surface area (Å²) in [6, 6.07) is 11.6. The van der Waals surface area contributed by atoms with Gasteiger partial charge in [-0.3, -0.25) is 4.79 Å². The molecule has 0 spiro atoms. The largest absolute Gasteiger partial charge is 0.480 e. The van der Waals surface area contributed by atoms with Gasteiger partial charge in [0, 0.05) is 25.4 Å². The van der Waals surface area contributed by atoms with E-state index in [-0.39, 0.29) is 32.4 Å². The van der Waals surface area contributed by atoms with Gasteiger partial charge in [0.2, 0.25) is 15.9 Å². The molecule has 178 valence electrons. The fourth-order valence-corrected chi connectivity index (χ4v) is 5.44. The molecule has 1 atom stereocenters. The summed E-state index contributed by atoms with van der Waals surface area (Å²) in [5.41, 5.74) is -0.510. The van der Waals surface area contributed by atoms with E-state index < -0.39 is 50.5 Å². The first kappa shape index (κ1) is 24.7. The lowest BCUT2D eigenvalue weighted by Crippen LogP contribution is -2.48. The van der Waals surface area contributed by atoms with Gasteiger partial charge >= 0.3 is 12.1 Å². The summed E-state index contributed by atoms with van der Waals surface area (Å²) in [5, 5.41) is 11.9. The molecule has 0 radical (unpaired) electrons. The van der Waals surface area contributed by atoms with Gasteiger partial charge in [-0.1, -0.05) is 42.5 Å². The highest BCUT2D eigenvalue weighted by Gasteiger charge is 2.40. The maximum absolute atomic E-state index is 13.3. The predicted octanol–water partition coefficient (Wildman–Crippen LogP) is 2.92. The highest BCUT2D eigenvalue weighted by atomic mass is 32.2. The fraction of sp³-hybridized carbons (Fsp3) is 0.364. The van der Waals surface area contributed by atoms with Gasteiger partial charge in [0.1, 0.15) is 6.04 Å². The molecule has 2 N–H and O–H groups in total. The van der Waals surface area contributed by atoms with Crippen LogP contribution in [0.15, 0.2) is 59.5 Å². The molecule has 0 saturated carbocycles. The minimum atomic E-state index is -4.83. The maximum Gasteiger partial charge on any atom is 0.417 e. The summed E-state index contributed by atoms with van der Waals surface area (Å²) in [6.45, 7) is -0.300. The molecule has 0 aliphatic carbocycles. The zero-order valence-electron chi connectivity index (χ0n) is 17.5. The van der Waals surface area contributed by atoms with E-state index >= 15 is 0 Å². The Morgan fingerprint density at radius 2 is 1.61 bits per heavy atom. The van der Waals surface area contributed by atoms with Gasteiger partial charge in [-0.2, -0.15) is 17.5 Å². The summed E-state index contributed by atoms with van der Waals surface area (Å²) in [5.74, 6) is -2.37. The summed E-state index contributed by atoms with van der Waals surface area (Å²) in [4.78, 5) is 23.4. The average Bonchev–Trinajstić information content (AvgIpc) is 2.78. The van der Waals surface area contributed by atoms with E-state index in [1.807, 2.05) is 0 Å². The number of halogens is 3. The Kier molecular flexibility index (Phi) is 7.43. The number of carboxylic acids is 1. The van der Waals surface area contributed by atoms with Crippen LogP contribution in [0.25, 0.3) is 0 Å². The number of nitrogens with zero attached hydrogens (tertiary/aromatic N) is 1. The van der Waals surface area contributed by atoms with Crippen LogP contribution in [0.4, 0.5) is 13.2 Å². The highest BCUT2D eigenvalue weighted by Crippen LogP contribution is 2.36. The third-order valence-corrected chi connectivity index (χ3v) is 7.49. The molecular formula is C22H23F3N2O5S. The smallest absolute Gasteiger partial charge is 0.417 e. The van der Waals surface area contributed by atoms with Gasteiger partial charge < -0.3 is 10.4 Å². The number of alkyl halides is 3. The molecule has 1 aliphatic rings. The van der Waals surface area contributed by atoms with E-state index in [0.717, 1.165) is 22.0 Å². The van der Waals surface area contributed by atoms with Crippen LogP contribution in [0.5, 0.6) is 0 Å². The van der Waals surface area contributed by atoms with Gasteiger partial charge in [0.15, 0.2) is 0 Å². The van der Waals surface area contributed by atoms with Crippen molar-refractivity contribution < 1.29 is 36.3 Å². The summed E-state index contributed by atoms with van der Waals surface area (Å²) in [6.07, 6.45) is -4.61. The average molecular weight is 484 g/mol. The van der Waals surface area contributed by atoms with Crippen molar-refractivity contribution in [1.29, 1.82) is 0 Å². The number of benzene rings is 2. The zero-order valence-corrected chi connectivity index (χ0v) is 18.3. The Hall–Kier alpha value is -2.92. The van der Waals surface area contributed by atoms with Crippen LogP contribution < -0.4 is 5.32 Å². The van der Waals surface area contributed by atoms with Gasteiger partial charge in [-0.05, 0) is 30.5 Å². The predicted molar refractivity (Wildman–Crippen MR) is 113 cm³/mol. The first-order valence-corrected chi connectivity index (χ1v) is 11.7. The molecule has 2 aromatic carbocycles. The molecule has 1 aliphatic heterocycles. The SMILES string of the molecule is O=C(N[C@H](Cc1ccccc1)C(=O)O)C1CCN(S(=O)(=O)c2ccccc2C(F)(F)F)CC1. The molecule has 3 rings (SSSR count). The van der Waals surface area contributed by atoms with Crippen molar-refractivity contribution in [2.75, 3.05) is 13.1 Å². The third kappa shape index (κ3) is 5.91. The van der Waals surface area contributed by atoms with Crippen molar-refractivity contribution in [2.24, 2.45) is 5.92 Å². The normalized spacial score (nSPS) is 16.8. The molecule has 7 nitrogen and oxygen atoms in total. The fourth-order valence-electron chi connectivity index (χ4n) is 3.76. The molecular weight excluding hydrogens is 461 g/mol. The zero-order chi connectivity index (χ0) is 24.2. The van der Waals surface area contributed by atoms with Crippen LogP contribution in [0.2, 0.25) is 0 Å². The Balaban J connectivity index is 1.65. The number of carboxylic acid groups (broad SMARTS) is 1. The van der Waals surface area contributed by atoms with Crippen LogP contribution in [-0.2, 0) is 32.2 Å². The van der Waals surface area contributed by atoms with Crippen molar-refractivity contribution in [1.82, 2.24) is 9.62 Å².